The molecule has 8 nitrogen and oxygen atoms in total. The number of amides is 2. The van der Waals surface area contributed by atoms with E-state index in [0.717, 1.165) is 0 Å². The molecule has 0 radical (unpaired) electrons. The number of hydrogen-bond acceptors (Lipinski definition) is 7. The second kappa shape index (κ2) is 7.61. The molecular formula is C23H17N3O5S. The van der Waals surface area contributed by atoms with Crippen molar-refractivity contribution in [2.75, 3.05) is 11.9 Å². The molecule has 0 fully saturated rings. The van der Waals surface area contributed by atoms with Crippen LogP contribution in [0, 0.1) is 5.92 Å². The summed E-state index contributed by atoms with van der Waals surface area (Å²) >= 11 is 1.30. The zero-order valence-corrected chi connectivity index (χ0v) is 17.4. The average Bonchev–Trinajstić information content (AvgIpc) is 3.52. The van der Waals surface area contributed by atoms with E-state index in [1.807, 2.05) is 0 Å². The zero-order chi connectivity index (χ0) is 22.3. The summed E-state index contributed by atoms with van der Waals surface area (Å²) in [5.74, 6) is -1.82. The maximum Gasteiger partial charge on any atom is 0.277 e. The van der Waals surface area contributed by atoms with Crippen LogP contribution in [0.25, 0.3) is 0 Å². The van der Waals surface area contributed by atoms with E-state index in [-0.39, 0.29) is 12.4 Å². The fourth-order valence-corrected chi connectivity index (χ4v) is 4.71. The summed E-state index contributed by atoms with van der Waals surface area (Å²) < 4.78 is 5.30. The Labute approximate surface area is 186 Å². The predicted octanol–water partition coefficient (Wildman–Crippen LogP) is 2.69. The predicted molar refractivity (Wildman–Crippen MR) is 118 cm³/mol. The Morgan fingerprint density at radius 2 is 1.91 bits per heavy atom. The third kappa shape index (κ3) is 3.05. The first kappa shape index (κ1) is 20.0. The number of carbonyl (C=O) groups excluding carboxylic acids is 3. The van der Waals surface area contributed by atoms with E-state index in [9.17, 15) is 14.4 Å². The first-order valence-corrected chi connectivity index (χ1v) is 10.6. The Morgan fingerprint density at radius 1 is 1.12 bits per heavy atom. The van der Waals surface area contributed by atoms with E-state index in [4.69, 9.17) is 15.3 Å². The minimum absolute atomic E-state index is 0.247. The summed E-state index contributed by atoms with van der Waals surface area (Å²) in [6, 6.07) is 17.3. The molecule has 2 aliphatic heterocycles. The standard InChI is InChI=1S/C23H17N3O5S/c24-18(27)12-30-14-9-7-13(8-10-14)20-19(21(28)17-6-3-11-32-17)23(31-26-20)15-4-1-2-5-16(15)25-22(23)29/h1-11,19H,12H2,(H2,24,27)(H,25,29)/t19-,23-/m1/s1. The first-order chi connectivity index (χ1) is 15.5. The lowest BCUT2D eigenvalue weighted by Crippen LogP contribution is -2.46. The Morgan fingerprint density at radius 3 is 2.62 bits per heavy atom. The minimum atomic E-state index is -1.59. The number of carbonyl (C=O) groups is 3. The fourth-order valence-electron chi connectivity index (χ4n) is 4.02. The van der Waals surface area contributed by atoms with Crippen molar-refractivity contribution in [1.29, 1.82) is 0 Å². The maximum absolute atomic E-state index is 13.6. The van der Waals surface area contributed by atoms with Crippen LogP contribution in [0.15, 0.2) is 71.2 Å². The highest BCUT2D eigenvalue weighted by Gasteiger charge is 2.63. The van der Waals surface area contributed by atoms with E-state index in [2.05, 4.69) is 10.5 Å². The highest BCUT2D eigenvalue weighted by Crippen LogP contribution is 2.50. The summed E-state index contributed by atoms with van der Waals surface area (Å²) in [5, 5.41) is 8.86. The molecule has 0 unspecified atom stereocenters. The summed E-state index contributed by atoms with van der Waals surface area (Å²) in [6.07, 6.45) is 0. The molecule has 0 saturated heterocycles. The highest BCUT2D eigenvalue weighted by atomic mass is 32.1. The van der Waals surface area contributed by atoms with Gasteiger partial charge in [-0.05, 0) is 41.8 Å². The molecule has 0 aliphatic carbocycles. The number of thiophene rings is 1. The largest absolute Gasteiger partial charge is 0.484 e. The van der Waals surface area contributed by atoms with Crippen molar-refractivity contribution in [2.24, 2.45) is 16.8 Å². The van der Waals surface area contributed by atoms with Crippen LogP contribution >= 0.6 is 11.3 Å². The molecule has 2 aliphatic rings. The van der Waals surface area contributed by atoms with E-state index in [0.29, 0.717) is 33.2 Å². The second-order valence-electron chi connectivity index (χ2n) is 7.36. The maximum atomic E-state index is 13.6. The average molecular weight is 447 g/mol. The molecule has 2 amide bonds. The van der Waals surface area contributed by atoms with Gasteiger partial charge in [-0.1, -0.05) is 29.4 Å². The number of primary amides is 1. The van der Waals surface area contributed by atoms with Gasteiger partial charge < -0.3 is 20.6 Å². The lowest BCUT2D eigenvalue weighted by Gasteiger charge is -2.26. The van der Waals surface area contributed by atoms with Gasteiger partial charge in [-0.15, -0.1) is 11.3 Å². The number of para-hydroxylation sites is 1. The Bertz CT molecular complexity index is 1250. The smallest absolute Gasteiger partial charge is 0.277 e. The quantitative estimate of drug-likeness (QED) is 0.563. The highest BCUT2D eigenvalue weighted by molar-refractivity contribution is 7.12. The van der Waals surface area contributed by atoms with Crippen molar-refractivity contribution in [1.82, 2.24) is 0 Å². The number of Topliss-reactive ketones (excluding diaryl/α,β-unsaturated/α-hetero) is 1. The van der Waals surface area contributed by atoms with Gasteiger partial charge in [-0.25, -0.2) is 0 Å². The zero-order valence-electron chi connectivity index (χ0n) is 16.6. The number of benzene rings is 2. The van der Waals surface area contributed by atoms with Gasteiger partial charge in [0.05, 0.1) is 4.88 Å². The van der Waals surface area contributed by atoms with Gasteiger partial charge in [0.2, 0.25) is 0 Å². The molecule has 0 bridgehead atoms. The number of nitrogens with one attached hydrogen (secondary N) is 1. The molecule has 32 heavy (non-hydrogen) atoms. The third-order valence-corrected chi connectivity index (χ3v) is 6.32. The minimum Gasteiger partial charge on any atom is -0.484 e. The molecule has 1 spiro atoms. The second-order valence-corrected chi connectivity index (χ2v) is 8.30. The van der Waals surface area contributed by atoms with Crippen molar-refractivity contribution in [2.45, 2.75) is 5.60 Å². The number of fused-ring (bicyclic) bond motifs is 2. The topological polar surface area (TPSA) is 120 Å². The number of hydrogen-bond donors (Lipinski definition) is 2. The molecule has 2 aromatic carbocycles. The number of rotatable bonds is 6. The number of ketones is 1. The molecule has 160 valence electrons. The fraction of sp³-hybridized carbons (Fsp3) is 0.130. The third-order valence-electron chi connectivity index (χ3n) is 5.44. The van der Waals surface area contributed by atoms with Crippen LogP contribution in [-0.2, 0) is 20.0 Å². The number of nitrogens with two attached hydrogens (primary N) is 1. The molecule has 3 aromatic rings. The number of ether oxygens (including phenoxy) is 1. The molecule has 1 aromatic heterocycles. The Balaban J connectivity index is 1.57. The van der Waals surface area contributed by atoms with Gasteiger partial charge in [-0.2, -0.15) is 0 Å². The van der Waals surface area contributed by atoms with Gasteiger partial charge >= 0.3 is 0 Å². The number of nitrogens with zero attached hydrogens (tertiary/aromatic N) is 1. The SMILES string of the molecule is NC(=O)COc1ccc(C2=NO[C@@]3(C(=O)Nc4ccccc43)[C@H]2C(=O)c2cccs2)cc1. The van der Waals surface area contributed by atoms with E-state index in [1.165, 1.54) is 11.3 Å². The van der Waals surface area contributed by atoms with Crippen LogP contribution in [0.1, 0.15) is 20.8 Å². The first-order valence-electron chi connectivity index (χ1n) is 9.77. The summed E-state index contributed by atoms with van der Waals surface area (Å²) in [5.41, 5.74) is 5.63. The normalized spacial score (nSPS) is 20.9. The molecule has 9 heteroatoms. The van der Waals surface area contributed by atoms with Gasteiger partial charge in [-0.3, -0.25) is 14.4 Å². The van der Waals surface area contributed by atoms with Gasteiger partial charge in [0.25, 0.3) is 17.4 Å². The van der Waals surface area contributed by atoms with Crippen LogP contribution < -0.4 is 15.8 Å². The number of oxime groups is 1. The lowest BCUT2D eigenvalue weighted by molar-refractivity contribution is -0.140. The van der Waals surface area contributed by atoms with Crippen LogP contribution in [0.4, 0.5) is 5.69 Å². The van der Waals surface area contributed by atoms with Crippen molar-refractivity contribution in [3.63, 3.8) is 0 Å². The van der Waals surface area contributed by atoms with Crippen LogP contribution in [0.3, 0.4) is 0 Å². The Kier molecular flexibility index (Phi) is 4.75. The molecule has 3 heterocycles. The van der Waals surface area contributed by atoms with Crippen molar-refractivity contribution >= 4 is 40.3 Å². The molecular weight excluding hydrogens is 430 g/mol. The number of anilines is 1. The van der Waals surface area contributed by atoms with Crippen LogP contribution in [0.5, 0.6) is 5.75 Å². The Hall–Kier alpha value is -3.98. The van der Waals surface area contributed by atoms with E-state index in [1.54, 1.807) is 66.0 Å². The van der Waals surface area contributed by atoms with Crippen molar-refractivity contribution < 1.29 is 24.0 Å². The van der Waals surface area contributed by atoms with E-state index < -0.39 is 23.3 Å². The van der Waals surface area contributed by atoms with Crippen LogP contribution in [0.2, 0.25) is 0 Å². The van der Waals surface area contributed by atoms with Gasteiger partial charge in [0.1, 0.15) is 17.4 Å². The van der Waals surface area contributed by atoms with Crippen molar-refractivity contribution in [3.05, 3.63) is 82.0 Å². The summed E-state index contributed by atoms with van der Waals surface area (Å²) in [7, 11) is 0. The molecule has 0 saturated carbocycles. The van der Waals surface area contributed by atoms with Crippen LogP contribution in [-0.4, -0.2) is 29.9 Å². The molecule has 2 atom stereocenters. The molecule has 5 rings (SSSR count). The van der Waals surface area contributed by atoms with Gasteiger partial charge in [0, 0.05) is 16.8 Å². The summed E-state index contributed by atoms with van der Waals surface area (Å²) in [4.78, 5) is 44.1. The monoisotopic (exact) mass is 447 g/mol. The molecule has 3 N–H and O–H groups in total. The lowest BCUT2D eigenvalue weighted by atomic mass is 9.75. The van der Waals surface area contributed by atoms with Crippen molar-refractivity contribution in [3.8, 4) is 5.75 Å². The van der Waals surface area contributed by atoms with E-state index >= 15 is 0 Å². The summed E-state index contributed by atoms with van der Waals surface area (Å²) in [6.45, 7) is -0.247. The van der Waals surface area contributed by atoms with Gasteiger partial charge in [0.15, 0.2) is 12.4 Å².